The Bertz CT molecular complexity index is 1260. The molecule has 0 saturated carbocycles. The maximum absolute atomic E-state index is 13.3. The molecule has 1 atom stereocenters. The van der Waals surface area contributed by atoms with Crippen molar-refractivity contribution in [1.82, 2.24) is 9.88 Å². The zero-order valence-corrected chi connectivity index (χ0v) is 19.6. The van der Waals surface area contributed by atoms with Crippen LogP contribution in [0, 0.1) is 0 Å². The number of carbonyl (C=O) groups excluding carboxylic acids is 3. The van der Waals surface area contributed by atoms with Crippen LogP contribution in [0.2, 0.25) is 0 Å². The van der Waals surface area contributed by atoms with E-state index >= 15 is 0 Å². The number of aryl methyl sites for hydroxylation is 1. The van der Waals surface area contributed by atoms with Crippen LogP contribution in [0.3, 0.4) is 0 Å². The topological polar surface area (TPSA) is 111 Å². The lowest BCUT2D eigenvalue weighted by Gasteiger charge is -2.24. The Kier molecular flexibility index (Phi) is 6.19. The third-order valence-corrected chi connectivity index (χ3v) is 5.29. The van der Waals surface area contributed by atoms with E-state index in [2.05, 4.69) is 16.0 Å². The van der Waals surface area contributed by atoms with Gasteiger partial charge in [-0.15, -0.1) is 0 Å². The maximum Gasteiger partial charge on any atom is 0.408 e. The van der Waals surface area contributed by atoms with Gasteiger partial charge in [0, 0.05) is 42.3 Å². The summed E-state index contributed by atoms with van der Waals surface area (Å²) in [5, 5.41) is 9.27. The molecule has 0 saturated heterocycles. The van der Waals surface area contributed by atoms with Crippen LogP contribution in [0.15, 0.2) is 48.7 Å². The predicted molar refractivity (Wildman–Crippen MR) is 129 cm³/mol. The Morgan fingerprint density at radius 2 is 1.97 bits per heavy atom. The first-order valence-corrected chi connectivity index (χ1v) is 11.0. The van der Waals surface area contributed by atoms with E-state index in [4.69, 9.17) is 9.47 Å². The van der Waals surface area contributed by atoms with Gasteiger partial charge in [-0.05, 0) is 44.5 Å². The van der Waals surface area contributed by atoms with Gasteiger partial charge in [0.1, 0.15) is 17.4 Å². The Balaban J connectivity index is 1.57. The minimum absolute atomic E-state index is 0.0890. The molecular formula is C25H28N4O5. The molecule has 178 valence electrons. The van der Waals surface area contributed by atoms with Gasteiger partial charge < -0.3 is 30.0 Å². The lowest BCUT2D eigenvalue weighted by atomic mass is 10.0. The summed E-state index contributed by atoms with van der Waals surface area (Å²) in [6, 6.07) is 11.9. The van der Waals surface area contributed by atoms with Crippen molar-refractivity contribution in [2.45, 2.75) is 38.8 Å². The van der Waals surface area contributed by atoms with Crippen molar-refractivity contribution in [2.24, 2.45) is 7.05 Å². The van der Waals surface area contributed by atoms with Crippen molar-refractivity contribution in [3.63, 3.8) is 0 Å². The highest BCUT2D eigenvalue weighted by molar-refractivity contribution is 5.99. The molecule has 3 aromatic rings. The van der Waals surface area contributed by atoms with Crippen molar-refractivity contribution < 1.29 is 23.9 Å². The number of hydrogen-bond donors (Lipinski definition) is 3. The Hall–Kier alpha value is -4.01. The maximum atomic E-state index is 13.3. The van der Waals surface area contributed by atoms with Crippen LogP contribution < -0.4 is 20.7 Å². The standard InChI is InChI=1S/C25H28N4O5/c1-25(2,3)34-24(32)28-19(11-15-13-29(4)20-8-6-5-7-17(15)20)23(31)26-16-9-10-18-21(12-16)33-14-22(30)27-18/h5-10,12-13,19H,11,14H2,1-4H3,(H,26,31)(H,27,30)(H,28,32)/t19-/m1/s1. The van der Waals surface area contributed by atoms with Crippen molar-refractivity contribution in [3.8, 4) is 5.75 Å². The molecule has 0 bridgehead atoms. The number of fused-ring (bicyclic) bond motifs is 2. The summed E-state index contributed by atoms with van der Waals surface area (Å²) in [5.41, 5.74) is 2.26. The second-order valence-electron chi connectivity index (χ2n) is 9.22. The number of carbonyl (C=O) groups is 3. The van der Waals surface area contributed by atoms with Gasteiger partial charge in [-0.25, -0.2) is 4.79 Å². The molecular weight excluding hydrogens is 436 g/mol. The number of benzene rings is 2. The summed E-state index contributed by atoms with van der Waals surface area (Å²) < 4.78 is 12.8. The minimum Gasteiger partial charge on any atom is -0.482 e. The van der Waals surface area contributed by atoms with E-state index in [9.17, 15) is 14.4 Å². The molecule has 3 amide bonds. The van der Waals surface area contributed by atoms with Gasteiger partial charge in [-0.2, -0.15) is 0 Å². The van der Waals surface area contributed by atoms with Crippen molar-refractivity contribution in [2.75, 3.05) is 17.2 Å². The van der Waals surface area contributed by atoms with Gasteiger partial charge in [-0.3, -0.25) is 9.59 Å². The first-order chi connectivity index (χ1) is 16.1. The van der Waals surface area contributed by atoms with E-state index in [1.54, 1.807) is 39.0 Å². The van der Waals surface area contributed by atoms with Crippen LogP contribution >= 0.6 is 0 Å². The van der Waals surface area contributed by atoms with Crippen molar-refractivity contribution >= 4 is 40.2 Å². The molecule has 4 rings (SSSR count). The quantitative estimate of drug-likeness (QED) is 0.535. The van der Waals surface area contributed by atoms with Gasteiger partial charge >= 0.3 is 6.09 Å². The van der Waals surface area contributed by atoms with Crippen LogP contribution in [0.25, 0.3) is 10.9 Å². The number of hydrogen-bond acceptors (Lipinski definition) is 5. The summed E-state index contributed by atoms with van der Waals surface area (Å²) in [7, 11) is 1.94. The summed E-state index contributed by atoms with van der Waals surface area (Å²) >= 11 is 0. The van der Waals surface area contributed by atoms with E-state index in [1.807, 2.05) is 42.1 Å². The van der Waals surface area contributed by atoms with Gasteiger partial charge in [-0.1, -0.05) is 18.2 Å². The summed E-state index contributed by atoms with van der Waals surface area (Å²) in [6.07, 6.45) is 1.55. The van der Waals surface area contributed by atoms with Gasteiger partial charge in [0.2, 0.25) is 5.91 Å². The van der Waals surface area contributed by atoms with Gasteiger partial charge in [0.05, 0.1) is 5.69 Å². The molecule has 2 aromatic carbocycles. The molecule has 0 radical (unpaired) electrons. The average molecular weight is 465 g/mol. The lowest BCUT2D eigenvalue weighted by molar-refractivity contribution is -0.119. The zero-order valence-electron chi connectivity index (χ0n) is 19.6. The molecule has 0 spiro atoms. The first kappa shape index (κ1) is 23.2. The largest absolute Gasteiger partial charge is 0.482 e. The fraction of sp³-hybridized carbons (Fsp3) is 0.320. The Morgan fingerprint density at radius 1 is 1.21 bits per heavy atom. The highest BCUT2D eigenvalue weighted by Gasteiger charge is 2.26. The van der Waals surface area contributed by atoms with Crippen LogP contribution in [-0.4, -0.2) is 40.7 Å². The average Bonchev–Trinajstić information content (AvgIpc) is 3.07. The Labute approximate surface area is 197 Å². The number of anilines is 2. The molecule has 1 aliphatic rings. The van der Waals surface area contributed by atoms with E-state index in [1.165, 1.54) is 0 Å². The smallest absolute Gasteiger partial charge is 0.408 e. The molecule has 0 aliphatic carbocycles. The third kappa shape index (κ3) is 5.31. The number of nitrogens with one attached hydrogen (secondary N) is 3. The minimum atomic E-state index is -0.891. The molecule has 0 fully saturated rings. The highest BCUT2D eigenvalue weighted by atomic mass is 16.6. The summed E-state index contributed by atoms with van der Waals surface area (Å²) in [5.74, 6) is -0.178. The number of rotatable bonds is 5. The molecule has 1 aromatic heterocycles. The second-order valence-corrected chi connectivity index (χ2v) is 9.22. The number of ether oxygens (including phenoxy) is 2. The van der Waals surface area contributed by atoms with Gasteiger partial charge in [0.15, 0.2) is 6.61 Å². The summed E-state index contributed by atoms with van der Waals surface area (Å²) in [4.78, 5) is 37.3. The fourth-order valence-electron chi connectivity index (χ4n) is 3.85. The van der Waals surface area contributed by atoms with Crippen molar-refractivity contribution in [1.29, 1.82) is 0 Å². The zero-order chi connectivity index (χ0) is 24.5. The first-order valence-electron chi connectivity index (χ1n) is 11.0. The molecule has 2 heterocycles. The van der Waals surface area contributed by atoms with Crippen LogP contribution in [0.4, 0.5) is 16.2 Å². The van der Waals surface area contributed by atoms with Crippen LogP contribution in [0.1, 0.15) is 26.3 Å². The summed E-state index contributed by atoms with van der Waals surface area (Å²) in [6.45, 7) is 5.20. The normalized spacial score (nSPS) is 13.9. The number of aromatic nitrogens is 1. The van der Waals surface area contributed by atoms with Crippen molar-refractivity contribution in [3.05, 3.63) is 54.2 Å². The van der Waals surface area contributed by atoms with E-state index in [-0.39, 0.29) is 18.9 Å². The Morgan fingerprint density at radius 3 is 2.74 bits per heavy atom. The molecule has 9 heteroatoms. The molecule has 0 unspecified atom stereocenters. The SMILES string of the molecule is Cn1cc(C[C@@H](NC(=O)OC(C)(C)C)C(=O)Nc2ccc3c(c2)OCC(=O)N3)c2ccccc21. The number of amides is 3. The molecule has 3 N–H and O–H groups in total. The van der Waals surface area contributed by atoms with E-state index in [0.717, 1.165) is 16.5 Å². The van der Waals surface area contributed by atoms with Crippen LogP contribution in [-0.2, 0) is 27.8 Å². The molecule has 9 nitrogen and oxygen atoms in total. The highest BCUT2D eigenvalue weighted by Crippen LogP contribution is 2.30. The molecule has 1 aliphatic heterocycles. The number of para-hydroxylation sites is 1. The number of alkyl carbamates (subject to hydrolysis) is 1. The second kappa shape index (κ2) is 9.09. The van der Waals surface area contributed by atoms with E-state index in [0.29, 0.717) is 17.1 Å². The number of nitrogens with zero attached hydrogens (tertiary/aromatic N) is 1. The monoisotopic (exact) mass is 464 g/mol. The predicted octanol–water partition coefficient (Wildman–Crippen LogP) is 3.58. The fourth-order valence-corrected chi connectivity index (χ4v) is 3.85. The van der Waals surface area contributed by atoms with Gasteiger partial charge in [0.25, 0.3) is 5.91 Å². The lowest BCUT2D eigenvalue weighted by Crippen LogP contribution is -2.47. The third-order valence-electron chi connectivity index (χ3n) is 5.29. The van der Waals surface area contributed by atoms with E-state index < -0.39 is 23.6 Å². The molecule has 34 heavy (non-hydrogen) atoms. The van der Waals surface area contributed by atoms with Crippen LogP contribution in [0.5, 0.6) is 5.75 Å².